The van der Waals surface area contributed by atoms with Crippen LogP contribution < -0.4 is 5.32 Å². The van der Waals surface area contributed by atoms with Crippen molar-refractivity contribution in [3.05, 3.63) is 29.5 Å². The molecule has 0 radical (unpaired) electrons. The van der Waals surface area contributed by atoms with Gasteiger partial charge in [-0.15, -0.1) is 0 Å². The van der Waals surface area contributed by atoms with Gasteiger partial charge < -0.3 is 5.32 Å². The normalized spacial score (nSPS) is 26.4. The van der Waals surface area contributed by atoms with Crippen molar-refractivity contribution in [3.8, 4) is 0 Å². The maximum absolute atomic E-state index is 13.7. The number of fused-ring (bicyclic) bond motifs is 1. The van der Waals surface area contributed by atoms with Crippen molar-refractivity contribution >= 4 is 26.9 Å². The summed E-state index contributed by atoms with van der Waals surface area (Å²) in [7, 11) is -3.22. The monoisotopic (exact) mass is 529 g/mol. The molecule has 1 saturated carbocycles. The Bertz CT molecular complexity index is 1210. The number of piperidine rings is 1. The molecule has 12 heteroatoms. The van der Waals surface area contributed by atoms with Crippen molar-refractivity contribution in [2.75, 3.05) is 44.3 Å². The van der Waals surface area contributed by atoms with E-state index in [1.165, 1.54) is 22.7 Å². The van der Waals surface area contributed by atoms with Gasteiger partial charge in [-0.25, -0.2) is 40.3 Å². The molecule has 7 nitrogen and oxygen atoms in total. The van der Waals surface area contributed by atoms with Crippen molar-refractivity contribution in [2.45, 2.75) is 56.9 Å². The first-order valence-electron chi connectivity index (χ1n) is 12.3. The third-order valence-corrected chi connectivity index (χ3v) is 9.26. The fourth-order valence-electron chi connectivity index (χ4n) is 6.14. The molecule has 1 spiro atoms. The van der Waals surface area contributed by atoms with Gasteiger partial charge in [0.15, 0.2) is 0 Å². The lowest BCUT2D eigenvalue weighted by atomic mass is 9.59. The van der Waals surface area contributed by atoms with Gasteiger partial charge in [0.05, 0.1) is 18.3 Å². The van der Waals surface area contributed by atoms with Crippen LogP contribution >= 0.6 is 0 Å². The molecule has 1 aromatic carbocycles. The molecule has 3 aliphatic rings. The summed E-state index contributed by atoms with van der Waals surface area (Å²) >= 11 is 0. The molecule has 3 heterocycles. The summed E-state index contributed by atoms with van der Waals surface area (Å²) in [5, 5.41) is 3.84. The number of aromatic nitrogens is 2. The number of nitrogens with one attached hydrogen (secondary N) is 1. The fraction of sp³-hybridized carbons (Fsp3) is 0.667. The molecule has 2 aliphatic heterocycles. The third-order valence-electron chi connectivity index (χ3n) is 7.96. The van der Waals surface area contributed by atoms with Crippen LogP contribution in [0.5, 0.6) is 0 Å². The molecular weight excluding hydrogens is 498 g/mol. The Labute approximate surface area is 208 Å². The highest BCUT2D eigenvalue weighted by Gasteiger charge is 2.49. The zero-order valence-corrected chi connectivity index (χ0v) is 21.0. The van der Waals surface area contributed by atoms with Crippen molar-refractivity contribution in [2.24, 2.45) is 5.41 Å². The van der Waals surface area contributed by atoms with E-state index in [1.54, 1.807) is 11.1 Å². The third kappa shape index (κ3) is 5.31. The second-order valence-corrected chi connectivity index (χ2v) is 12.6. The smallest absolute Gasteiger partial charge is 0.263 e. The van der Waals surface area contributed by atoms with E-state index in [4.69, 9.17) is 4.98 Å². The molecular formula is C24H31F4N5O2S. The number of sulfonamides is 1. The second-order valence-electron chi connectivity index (χ2n) is 10.6. The zero-order chi connectivity index (χ0) is 25.7. The summed E-state index contributed by atoms with van der Waals surface area (Å²) in [5.74, 6) is 0.433. The molecule has 2 aromatic rings. The average molecular weight is 530 g/mol. The highest BCUT2D eigenvalue weighted by molar-refractivity contribution is 7.88. The standard InChI is InChI=1S/C24H31F4N5O2S/c1-36(34,35)33-5-2-18(3-6-33)30-23-29-12-16-8-15(22(27)28)9-19(21(16)31-23)17-10-24(11-17)4-7-32(14-24)13-20(25)26/h8-9,12,17-18,20,22H,2-7,10-11,13-14H2,1H3,(H,29,30,31). The van der Waals surface area contributed by atoms with Crippen LogP contribution in [0.2, 0.25) is 0 Å². The summed E-state index contributed by atoms with van der Waals surface area (Å²) in [4.78, 5) is 10.8. The number of rotatable bonds is 7. The molecule has 3 fully saturated rings. The SMILES string of the molecule is CS(=O)(=O)N1CCC(Nc2ncc3cc(C(F)F)cc(C4CC5(CCN(CC(F)F)C5)C4)c3n2)CC1. The molecule has 0 unspecified atom stereocenters. The molecule has 0 atom stereocenters. The van der Waals surface area contributed by atoms with Crippen LogP contribution in [0.4, 0.5) is 23.5 Å². The Morgan fingerprint density at radius 3 is 2.50 bits per heavy atom. The van der Waals surface area contributed by atoms with Crippen molar-refractivity contribution in [1.82, 2.24) is 19.2 Å². The maximum atomic E-state index is 13.7. The quantitative estimate of drug-likeness (QED) is 0.541. The number of halogens is 4. The van der Waals surface area contributed by atoms with E-state index >= 15 is 0 Å². The van der Waals surface area contributed by atoms with Crippen molar-refractivity contribution < 1.29 is 26.0 Å². The van der Waals surface area contributed by atoms with Crippen LogP contribution in [0.15, 0.2) is 18.3 Å². The van der Waals surface area contributed by atoms with Gasteiger partial charge in [-0.05, 0) is 67.7 Å². The fourth-order valence-corrected chi connectivity index (χ4v) is 7.01. The number of nitrogens with zero attached hydrogens (tertiary/aromatic N) is 4. The van der Waals surface area contributed by atoms with Crippen LogP contribution in [0.3, 0.4) is 0 Å². The summed E-state index contributed by atoms with van der Waals surface area (Å²) in [6.45, 7) is 1.87. The topological polar surface area (TPSA) is 78.4 Å². The van der Waals surface area contributed by atoms with E-state index in [0.717, 1.165) is 24.8 Å². The first-order chi connectivity index (χ1) is 17.0. The van der Waals surface area contributed by atoms with Gasteiger partial charge in [0.1, 0.15) is 0 Å². The van der Waals surface area contributed by atoms with Crippen molar-refractivity contribution in [1.29, 1.82) is 0 Å². The van der Waals surface area contributed by atoms with Gasteiger partial charge in [-0.2, -0.15) is 0 Å². The van der Waals surface area contributed by atoms with E-state index < -0.39 is 22.9 Å². The van der Waals surface area contributed by atoms with Crippen LogP contribution in [0.25, 0.3) is 10.9 Å². The van der Waals surface area contributed by atoms with Gasteiger partial charge in [0, 0.05) is 42.8 Å². The van der Waals surface area contributed by atoms with Gasteiger partial charge in [-0.1, -0.05) is 0 Å². The largest absolute Gasteiger partial charge is 0.351 e. The maximum Gasteiger partial charge on any atom is 0.263 e. The number of likely N-dealkylation sites (tertiary alicyclic amines) is 1. The van der Waals surface area contributed by atoms with Gasteiger partial charge in [0.2, 0.25) is 16.0 Å². The predicted molar refractivity (Wildman–Crippen MR) is 129 cm³/mol. The Hall–Kier alpha value is -2.05. The Kier molecular flexibility index (Phi) is 6.88. The lowest BCUT2D eigenvalue weighted by molar-refractivity contribution is 0.0717. The minimum absolute atomic E-state index is 0.00974. The lowest BCUT2D eigenvalue weighted by Gasteiger charge is -2.46. The molecule has 198 valence electrons. The summed E-state index contributed by atoms with van der Waals surface area (Å²) < 4.78 is 77.9. The lowest BCUT2D eigenvalue weighted by Crippen LogP contribution is -2.42. The van der Waals surface area contributed by atoms with Gasteiger partial charge in [0.25, 0.3) is 12.9 Å². The van der Waals surface area contributed by atoms with Gasteiger partial charge in [-0.3, -0.25) is 4.90 Å². The van der Waals surface area contributed by atoms with Crippen LogP contribution in [0, 0.1) is 5.41 Å². The van der Waals surface area contributed by atoms with E-state index in [1.807, 2.05) is 0 Å². The van der Waals surface area contributed by atoms with Crippen LogP contribution in [-0.4, -0.2) is 79.0 Å². The minimum atomic E-state index is -3.22. The van der Waals surface area contributed by atoms with E-state index in [-0.39, 0.29) is 29.5 Å². The summed E-state index contributed by atoms with van der Waals surface area (Å²) in [6.07, 6.45) is 1.40. The molecule has 1 aliphatic carbocycles. The molecule has 0 bridgehead atoms. The van der Waals surface area contributed by atoms with Gasteiger partial charge >= 0.3 is 0 Å². The second kappa shape index (κ2) is 9.68. The van der Waals surface area contributed by atoms with Crippen molar-refractivity contribution in [3.63, 3.8) is 0 Å². The molecule has 0 amide bonds. The molecule has 5 rings (SSSR count). The predicted octanol–water partition coefficient (Wildman–Crippen LogP) is 4.24. The first kappa shape index (κ1) is 25.6. The highest BCUT2D eigenvalue weighted by Crippen LogP contribution is 2.57. The molecule has 1 N–H and O–H groups in total. The molecule has 36 heavy (non-hydrogen) atoms. The number of hydrogen-bond donors (Lipinski definition) is 1. The summed E-state index contributed by atoms with van der Waals surface area (Å²) in [6, 6.07) is 2.97. The summed E-state index contributed by atoms with van der Waals surface area (Å²) in [5.41, 5.74) is 1.29. The Balaban J connectivity index is 1.34. The minimum Gasteiger partial charge on any atom is -0.351 e. The van der Waals surface area contributed by atoms with Crippen LogP contribution in [0.1, 0.15) is 55.6 Å². The zero-order valence-electron chi connectivity index (χ0n) is 20.1. The van der Waals surface area contributed by atoms with Crippen LogP contribution in [-0.2, 0) is 10.0 Å². The highest BCUT2D eigenvalue weighted by atomic mass is 32.2. The molecule has 2 saturated heterocycles. The Morgan fingerprint density at radius 2 is 1.86 bits per heavy atom. The van der Waals surface area contributed by atoms with E-state index in [0.29, 0.717) is 55.9 Å². The number of alkyl halides is 4. The molecule has 1 aromatic heterocycles. The number of hydrogen-bond acceptors (Lipinski definition) is 6. The average Bonchev–Trinajstić information content (AvgIpc) is 3.20. The Morgan fingerprint density at radius 1 is 1.14 bits per heavy atom. The number of benzene rings is 1. The van der Waals surface area contributed by atoms with E-state index in [9.17, 15) is 26.0 Å². The number of anilines is 1. The van der Waals surface area contributed by atoms with E-state index in [2.05, 4.69) is 10.3 Å². The first-order valence-corrected chi connectivity index (χ1v) is 14.2.